The molecule has 114 valence electrons. The van der Waals surface area contributed by atoms with Crippen LogP contribution in [-0.4, -0.2) is 17.6 Å². The number of para-hydroxylation sites is 1. The van der Waals surface area contributed by atoms with Crippen molar-refractivity contribution in [2.45, 2.75) is 52.6 Å². The summed E-state index contributed by atoms with van der Waals surface area (Å²) in [5, 5.41) is 1.22. The van der Waals surface area contributed by atoms with E-state index in [4.69, 9.17) is 5.73 Å². The van der Waals surface area contributed by atoms with Gasteiger partial charge < -0.3 is 10.6 Å². The van der Waals surface area contributed by atoms with E-state index in [0.29, 0.717) is 12.6 Å². The fraction of sp³-hybridized carbons (Fsp3) is 0.500. The highest BCUT2D eigenvalue weighted by Gasteiger charge is 2.18. The van der Waals surface area contributed by atoms with Gasteiger partial charge in [0.25, 0.3) is 0 Å². The third-order valence-corrected chi connectivity index (χ3v) is 4.21. The van der Waals surface area contributed by atoms with E-state index in [9.17, 15) is 0 Å². The maximum absolute atomic E-state index is 5.98. The van der Waals surface area contributed by atoms with Gasteiger partial charge in [0.05, 0.1) is 11.2 Å². The second kappa shape index (κ2) is 7.41. The van der Waals surface area contributed by atoms with Crippen LogP contribution in [0.4, 0.5) is 5.69 Å². The van der Waals surface area contributed by atoms with Crippen molar-refractivity contribution in [3.63, 3.8) is 0 Å². The van der Waals surface area contributed by atoms with E-state index in [1.165, 1.54) is 23.9 Å². The Hall–Kier alpha value is -1.61. The highest BCUT2D eigenvalue weighted by Crippen LogP contribution is 2.31. The lowest BCUT2D eigenvalue weighted by Crippen LogP contribution is -2.34. The molecule has 1 unspecified atom stereocenters. The summed E-state index contributed by atoms with van der Waals surface area (Å²) in [4.78, 5) is 7.08. The molecule has 0 bridgehead atoms. The predicted octanol–water partition coefficient (Wildman–Crippen LogP) is 4.10. The van der Waals surface area contributed by atoms with Crippen LogP contribution in [0.5, 0.6) is 0 Å². The Labute approximate surface area is 128 Å². The number of unbranched alkanes of at least 4 members (excludes halogenated alkanes) is 1. The minimum Gasteiger partial charge on any atom is -0.368 e. The first-order valence-electron chi connectivity index (χ1n) is 8.06. The number of fused-ring (bicyclic) bond motifs is 1. The molecule has 1 aromatic carbocycles. The van der Waals surface area contributed by atoms with Crippen LogP contribution in [0.2, 0.25) is 0 Å². The molecule has 1 aromatic heterocycles. The summed E-state index contributed by atoms with van der Waals surface area (Å²) in [5.41, 5.74) is 9.46. The molecule has 0 fully saturated rings. The minimum absolute atomic E-state index is 0.507. The first-order valence-corrected chi connectivity index (χ1v) is 8.06. The Morgan fingerprint density at radius 2 is 2.00 bits per heavy atom. The van der Waals surface area contributed by atoms with Gasteiger partial charge in [-0.15, -0.1) is 0 Å². The predicted molar refractivity (Wildman–Crippen MR) is 91.6 cm³/mol. The SMILES string of the molecule is CCCCN(c1c(CN)cnc2ccccc12)C(C)CC. The zero-order valence-electron chi connectivity index (χ0n) is 13.5. The maximum atomic E-state index is 5.98. The molecule has 0 saturated carbocycles. The first kappa shape index (κ1) is 15.8. The number of rotatable bonds is 7. The molecule has 2 rings (SSSR count). The van der Waals surface area contributed by atoms with Crippen LogP contribution >= 0.6 is 0 Å². The summed E-state index contributed by atoms with van der Waals surface area (Å²) in [6.07, 6.45) is 5.47. The van der Waals surface area contributed by atoms with E-state index < -0.39 is 0 Å². The van der Waals surface area contributed by atoms with Crippen LogP contribution in [0.25, 0.3) is 10.9 Å². The number of hydrogen-bond donors (Lipinski definition) is 1. The highest BCUT2D eigenvalue weighted by atomic mass is 15.2. The van der Waals surface area contributed by atoms with Crippen molar-refractivity contribution in [3.05, 3.63) is 36.0 Å². The number of aromatic nitrogens is 1. The smallest absolute Gasteiger partial charge is 0.0723 e. The Bertz CT molecular complexity index is 580. The summed E-state index contributed by atoms with van der Waals surface area (Å²) >= 11 is 0. The number of hydrogen-bond acceptors (Lipinski definition) is 3. The standard InChI is InChI=1S/C18H27N3/c1-4-6-11-21(14(3)5-2)18-15(12-19)13-20-17-10-8-7-9-16(17)18/h7-10,13-14H,4-6,11-12,19H2,1-3H3. The van der Waals surface area contributed by atoms with Crippen LogP contribution < -0.4 is 10.6 Å². The number of benzene rings is 1. The van der Waals surface area contributed by atoms with Crippen molar-refractivity contribution < 1.29 is 0 Å². The summed E-state index contributed by atoms with van der Waals surface area (Å²) in [7, 11) is 0. The summed E-state index contributed by atoms with van der Waals surface area (Å²) in [5.74, 6) is 0. The van der Waals surface area contributed by atoms with Gasteiger partial charge in [0.1, 0.15) is 0 Å². The van der Waals surface area contributed by atoms with Gasteiger partial charge >= 0.3 is 0 Å². The monoisotopic (exact) mass is 285 g/mol. The molecule has 0 aliphatic rings. The van der Waals surface area contributed by atoms with Gasteiger partial charge in [0.2, 0.25) is 0 Å². The maximum Gasteiger partial charge on any atom is 0.0723 e. The molecular weight excluding hydrogens is 258 g/mol. The fourth-order valence-corrected chi connectivity index (χ4v) is 2.76. The van der Waals surface area contributed by atoms with Gasteiger partial charge in [-0.25, -0.2) is 0 Å². The Morgan fingerprint density at radius 3 is 2.67 bits per heavy atom. The van der Waals surface area contributed by atoms with Crippen molar-refractivity contribution in [1.29, 1.82) is 0 Å². The molecule has 2 aromatic rings. The Kier molecular flexibility index (Phi) is 5.57. The minimum atomic E-state index is 0.507. The average molecular weight is 285 g/mol. The normalized spacial score (nSPS) is 12.6. The molecule has 0 spiro atoms. The molecule has 0 radical (unpaired) electrons. The van der Waals surface area contributed by atoms with Crippen molar-refractivity contribution in [2.75, 3.05) is 11.4 Å². The van der Waals surface area contributed by atoms with Gasteiger partial charge in [0.15, 0.2) is 0 Å². The summed E-state index contributed by atoms with van der Waals surface area (Å²) in [6.45, 7) is 8.39. The highest BCUT2D eigenvalue weighted by molar-refractivity contribution is 5.93. The third-order valence-electron chi connectivity index (χ3n) is 4.21. The van der Waals surface area contributed by atoms with Gasteiger partial charge in [0, 0.05) is 36.3 Å². The Balaban J connectivity index is 2.58. The summed E-state index contributed by atoms with van der Waals surface area (Å²) in [6, 6.07) is 8.88. The first-order chi connectivity index (χ1) is 10.2. The molecule has 2 N–H and O–H groups in total. The van der Waals surface area contributed by atoms with Gasteiger partial charge in [-0.3, -0.25) is 4.98 Å². The second-order valence-corrected chi connectivity index (χ2v) is 5.66. The number of pyridine rings is 1. The van der Waals surface area contributed by atoms with E-state index in [1.54, 1.807) is 0 Å². The van der Waals surface area contributed by atoms with Crippen LogP contribution in [0.3, 0.4) is 0 Å². The second-order valence-electron chi connectivity index (χ2n) is 5.66. The van der Waals surface area contributed by atoms with E-state index in [-0.39, 0.29) is 0 Å². The molecule has 1 heterocycles. The molecular formula is C18H27N3. The van der Waals surface area contributed by atoms with Crippen molar-refractivity contribution in [3.8, 4) is 0 Å². The van der Waals surface area contributed by atoms with Crippen molar-refractivity contribution in [1.82, 2.24) is 4.98 Å². The van der Waals surface area contributed by atoms with E-state index in [0.717, 1.165) is 24.0 Å². The van der Waals surface area contributed by atoms with E-state index in [1.807, 2.05) is 12.3 Å². The quantitative estimate of drug-likeness (QED) is 0.833. The van der Waals surface area contributed by atoms with Gasteiger partial charge in [-0.1, -0.05) is 38.5 Å². The lowest BCUT2D eigenvalue weighted by Gasteiger charge is -2.33. The van der Waals surface area contributed by atoms with E-state index >= 15 is 0 Å². The molecule has 0 amide bonds. The topological polar surface area (TPSA) is 42.1 Å². The lowest BCUT2D eigenvalue weighted by molar-refractivity contribution is 0.595. The number of anilines is 1. The average Bonchev–Trinajstić information content (AvgIpc) is 2.54. The van der Waals surface area contributed by atoms with E-state index in [2.05, 4.69) is 48.9 Å². The van der Waals surface area contributed by atoms with Crippen molar-refractivity contribution >= 4 is 16.6 Å². The number of nitrogens with two attached hydrogens (primary N) is 1. The van der Waals surface area contributed by atoms with Crippen LogP contribution in [0, 0.1) is 0 Å². The lowest BCUT2D eigenvalue weighted by atomic mass is 10.0. The zero-order valence-corrected chi connectivity index (χ0v) is 13.5. The molecule has 0 saturated heterocycles. The van der Waals surface area contributed by atoms with Crippen LogP contribution in [-0.2, 0) is 6.54 Å². The van der Waals surface area contributed by atoms with Crippen LogP contribution in [0.15, 0.2) is 30.5 Å². The summed E-state index contributed by atoms with van der Waals surface area (Å²) < 4.78 is 0. The molecule has 1 atom stereocenters. The molecule has 0 aliphatic carbocycles. The van der Waals surface area contributed by atoms with Gasteiger partial charge in [-0.2, -0.15) is 0 Å². The van der Waals surface area contributed by atoms with Crippen molar-refractivity contribution in [2.24, 2.45) is 5.73 Å². The molecule has 0 aliphatic heterocycles. The Morgan fingerprint density at radius 1 is 1.24 bits per heavy atom. The number of nitrogens with zero attached hydrogens (tertiary/aromatic N) is 2. The zero-order chi connectivity index (χ0) is 15.2. The molecule has 21 heavy (non-hydrogen) atoms. The molecule has 3 nitrogen and oxygen atoms in total. The fourth-order valence-electron chi connectivity index (χ4n) is 2.76. The van der Waals surface area contributed by atoms with Gasteiger partial charge in [-0.05, 0) is 25.8 Å². The third kappa shape index (κ3) is 3.35. The van der Waals surface area contributed by atoms with Crippen LogP contribution in [0.1, 0.15) is 45.6 Å². The largest absolute Gasteiger partial charge is 0.368 e. The molecule has 3 heteroatoms.